The van der Waals surface area contributed by atoms with E-state index in [2.05, 4.69) is 24.1 Å². The first-order chi connectivity index (χ1) is 18.3. The standard InChI is InChI=1S/C22H21N3O4.C5H12.2C2H6/c1-12(2)11-25-21(27)15-9-6-10-16(17(15)22(25)28)23-24-18-13-7-4-5-8-14(13)19(26)20(18)29-3;1-3-5-4-2;2*1-2/h4-10,12,18,20H,11H2,1-3H3;3-5H2,1-2H3;2*1-2H3. The molecule has 2 aliphatic rings. The number of benzene rings is 2. The normalized spacial score (nSPS) is 17.3. The number of fused-ring (bicyclic) bond motifs is 2. The molecule has 0 bridgehead atoms. The highest BCUT2D eigenvalue weighted by Crippen LogP contribution is 2.38. The van der Waals surface area contributed by atoms with Crippen LogP contribution in [0.4, 0.5) is 5.69 Å². The van der Waals surface area contributed by atoms with E-state index in [1.54, 1.807) is 30.3 Å². The second-order valence-electron chi connectivity index (χ2n) is 8.94. The third-order valence-electron chi connectivity index (χ3n) is 5.87. The van der Waals surface area contributed by atoms with Gasteiger partial charge in [-0.1, -0.05) is 105 Å². The van der Waals surface area contributed by atoms with Crippen LogP contribution in [-0.2, 0) is 4.74 Å². The number of ether oxygens (including phenoxy) is 1. The highest BCUT2D eigenvalue weighted by Gasteiger charge is 2.41. The quantitative estimate of drug-likeness (QED) is 0.270. The van der Waals surface area contributed by atoms with Crippen LogP contribution in [-0.4, -0.2) is 42.3 Å². The van der Waals surface area contributed by atoms with Crippen LogP contribution >= 0.6 is 0 Å². The predicted octanol–water partition coefficient (Wildman–Crippen LogP) is 8.22. The molecule has 0 saturated carbocycles. The van der Waals surface area contributed by atoms with E-state index in [0.29, 0.717) is 23.4 Å². The summed E-state index contributed by atoms with van der Waals surface area (Å²) in [4.78, 5) is 39.3. The Balaban J connectivity index is 0.000000709. The van der Waals surface area contributed by atoms with Gasteiger partial charge in [-0.05, 0) is 23.6 Å². The van der Waals surface area contributed by atoms with E-state index >= 15 is 0 Å². The minimum atomic E-state index is -0.761. The molecular formula is C31H45N3O4. The summed E-state index contributed by atoms with van der Waals surface area (Å²) < 4.78 is 5.37. The van der Waals surface area contributed by atoms with Crippen LogP contribution in [0.25, 0.3) is 0 Å². The molecule has 1 heterocycles. The number of amides is 2. The monoisotopic (exact) mass is 523 g/mol. The minimum absolute atomic E-state index is 0.139. The predicted molar refractivity (Wildman–Crippen MR) is 153 cm³/mol. The second-order valence-corrected chi connectivity index (χ2v) is 8.94. The number of carbonyl (C=O) groups excluding carboxylic acids is 3. The lowest BCUT2D eigenvalue weighted by molar-refractivity contribution is 0.0570. The van der Waals surface area contributed by atoms with Gasteiger partial charge < -0.3 is 4.74 Å². The third-order valence-corrected chi connectivity index (χ3v) is 5.87. The lowest BCUT2D eigenvalue weighted by Gasteiger charge is -2.16. The van der Waals surface area contributed by atoms with Crippen molar-refractivity contribution in [3.8, 4) is 0 Å². The largest absolute Gasteiger partial charge is 0.371 e. The number of rotatable bonds is 7. The smallest absolute Gasteiger partial charge is 0.263 e. The van der Waals surface area contributed by atoms with E-state index in [0.717, 1.165) is 5.56 Å². The zero-order valence-corrected chi connectivity index (χ0v) is 24.6. The van der Waals surface area contributed by atoms with Gasteiger partial charge in [0, 0.05) is 19.2 Å². The van der Waals surface area contributed by atoms with Crippen molar-refractivity contribution in [2.45, 2.75) is 86.8 Å². The average molecular weight is 524 g/mol. The Hall–Kier alpha value is -3.19. The number of hydrogen-bond acceptors (Lipinski definition) is 6. The van der Waals surface area contributed by atoms with Crippen molar-refractivity contribution in [3.63, 3.8) is 0 Å². The molecule has 0 N–H and O–H groups in total. The van der Waals surface area contributed by atoms with Crippen LogP contribution in [0.15, 0.2) is 52.7 Å². The number of methoxy groups -OCH3 is 1. The first-order valence-corrected chi connectivity index (χ1v) is 13.9. The molecule has 7 nitrogen and oxygen atoms in total. The van der Waals surface area contributed by atoms with Gasteiger partial charge in [0.25, 0.3) is 11.8 Å². The molecule has 208 valence electrons. The summed E-state index contributed by atoms with van der Waals surface area (Å²) in [6, 6.07) is 11.5. The van der Waals surface area contributed by atoms with Gasteiger partial charge in [-0.15, -0.1) is 0 Å². The molecular weight excluding hydrogens is 478 g/mol. The van der Waals surface area contributed by atoms with Crippen molar-refractivity contribution in [1.82, 2.24) is 4.90 Å². The van der Waals surface area contributed by atoms with E-state index in [4.69, 9.17) is 4.74 Å². The zero-order valence-electron chi connectivity index (χ0n) is 24.6. The fourth-order valence-electron chi connectivity index (χ4n) is 4.21. The van der Waals surface area contributed by atoms with Gasteiger partial charge in [-0.2, -0.15) is 10.2 Å². The van der Waals surface area contributed by atoms with Crippen molar-refractivity contribution < 1.29 is 19.1 Å². The number of carbonyl (C=O) groups is 3. The summed E-state index contributed by atoms with van der Waals surface area (Å²) in [5, 5.41) is 8.64. The Morgan fingerprint density at radius 2 is 1.47 bits per heavy atom. The van der Waals surface area contributed by atoms with Crippen LogP contribution < -0.4 is 0 Å². The number of Topliss-reactive ketones (excluding diaryl/α,β-unsaturated/α-hetero) is 1. The Kier molecular flexibility index (Phi) is 14.4. The van der Waals surface area contributed by atoms with Crippen molar-refractivity contribution in [3.05, 3.63) is 64.7 Å². The Labute approximate surface area is 228 Å². The zero-order chi connectivity index (χ0) is 28.8. The minimum Gasteiger partial charge on any atom is -0.371 e. The van der Waals surface area contributed by atoms with Crippen LogP contribution in [0.3, 0.4) is 0 Å². The van der Waals surface area contributed by atoms with Gasteiger partial charge in [0.05, 0.1) is 16.8 Å². The van der Waals surface area contributed by atoms with Crippen molar-refractivity contribution in [2.75, 3.05) is 13.7 Å². The number of imide groups is 1. The van der Waals surface area contributed by atoms with Crippen LogP contribution in [0.2, 0.25) is 0 Å². The van der Waals surface area contributed by atoms with Crippen LogP contribution in [0.1, 0.15) is 117 Å². The van der Waals surface area contributed by atoms with Crippen molar-refractivity contribution in [2.24, 2.45) is 16.1 Å². The molecule has 0 aromatic heterocycles. The van der Waals surface area contributed by atoms with Crippen LogP contribution in [0, 0.1) is 5.92 Å². The SMILES string of the molecule is CC.CC.CCCCC.COC1C(=O)c2ccccc2C1N=Nc1cccc2c1C(=O)N(CC(C)C)C2=O. The van der Waals surface area contributed by atoms with E-state index in [9.17, 15) is 14.4 Å². The van der Waals surface area contributed by atoms with Gasteiger partial charge in [0.15, 0.2) is 5.78 Å². The third kappa shape index (κ3) is 7.44. The first-order valence-electron chi connectivity index (χ1n) is 13.9. The molecule has 2 amide bonds. The maximum atomic E-state index is 12.9. The summed E-state index contributed by atoms with van der Waals surface area (Å²) in [5.41, 5.74) is 2.21. The summed E-state index contributed by atoms with van der Waals surface area (Å²) in [6.45, 7) is 16.7. The highest BCUT2D eigenvalue weighted by atomic mass is 16.5. The number of nitrogens with zero attached hydrogens (tertiary/aromatic N) is 3. The van der Waals surface area contributed by atoms with Gasteiger partial charge in [0.1, 0.15) is 12.1 Å². The van der Waals surface area contributed by atoms with E-state index in [-0.39, 0.29) is 29.1 Å². The lowest BCUT2D eigenvalue weighted by Crippen LogP contribution is -2.33. The molecule has 0 spiro atoms. The van der Waals surface area contributed by atoms with Gasteiger partial charge in [-0.25, -0.2) is 0 Å². The summed E-state index contributed by atoms with van der Waals surface area (Å²) in [5.74, 6) is -0.656. The number of hydrogen-bond donors (Lipinski definition) is 0. The number of unbranched alkanes of at least 4 members (excludes halogenated alkanes) is 2. The molecule has 2 unspecified atom stereocenters. The van der Waals surface area contributed by atoms with Gasteiger partial charge in [-0.3, -0.25) is 19.3 Å². The summed E-state index contributed by atoms with van der Waals surface area (Å²) in [7, 11) is 1.46. The Morgan fingerprint density at radius 3 is 2.03 bits per heavy atom. The molecule has 38 heavy (non-hydrogen) atoms. The van der Waals surface area contributed by atoms with E-state index < -0.39 is 12.1 Å². The topological polar surface area (TPSA) is 88.4 Å². The van der Waals surface area contributed by atoms with Crippen molar-refractivity contribution in [1.29, 1.82) is 0 Å². The second kappa shape index (κ2) is 16.6. The summed E-state index contributed by atoms with van der Waals surface area (Å²) in [6.07, 6.45) is 3.31. The van der Waals surface area contributed by atoms with E-state index in [1.165, 1.54) is 31.3 Å². The highest BCUT2D eigenvalue weighted by molar-refractivity contribution is 6.23. The number of azo groups is 1. The van der Waals surface area contributed by atoms with Gasteiger partial charge >= 0.3 is 0 Å². The maximum Gasteiger partial charge on any atom is 0.263 e. The number of ketones is 1. The molecule has 2 atom stereocenters. The van der Waals surface area contributed by atoms with Crippen molar-refractivity contribution >= 4 is 23.3 Å². The molecule has 0 fully saturated rings. The molecule has 0 radical (unpaired) electrons. The first kappa shape index (κ1) is 32.8. The Morgan fingerprint density at radius 1 is 0.868 bits per heavy atom. The fraction of sp³-hybridized carbons (Fsp3) is 0.516. The molecule has 4 rings (SSSR count). The lowest BCUT2D eigenvalue weighted by atomic mass is 10.1. The molecule has 2 aromatic carbocycles. The maximum absolute atomic E-state index is 12.9. The summed E-state index contributed by atoms with van der Waals surface area (Å²) >= 11 is 0. The van der Waals surface area contributed by atoms with Gasteiger partial charge in [0.2, 0.25) is 0 Å². The Bertz CT molecular complexity index is 1090. The molecule has 7 heteroatoms. The average Bonchev–Trinajstić information content (AvgIpc) is 3.35. The molecule has 2 aromatic rings. The molecule has 1 aliphatic heterocycles. The fourth-order valence-corrected chi connectivity index (χ4v) is 4.21. The van der Waals surface area contributed by atoms with Crippen LogP contribution in [0.5, 0.6) is 0 Å². The van der Waals surface area contributed by atoms with E-state index in [1.807, 2.05) is 53.7 Å². The molecule has 0 saturated heterocycles. The molecule has 1 aliphatic carbocycles.